The SMILES string of the molecule is CC(CO)c1c(F)ccc(S(C)(=O)=O)c1F. The van der Waals surface area contributed by atoms with Crippen molar-refractivity contribution in [2.75, 3.05) is 12.9 Å². The molecule has 0 fully saturated rings. The standard InChI is InChI=1S/C10H12F2O3S/c1-6(5-13)9-7(11)3-4-8(10(9)12)16(2,14)15/h3-4,6,13H,5H2,1-2H3. The van der Waals surface area contributed by atoms with Crippen molar-refractivity contribution in [3.05, 3.63) is 29.3 Å². The van der Waals surface area contributed by atoms with E-state index in [1.165, 1.54) is 6.92 Å². The van der Waals surface area contributed by atoms with Crippen LogP contribution in [0.1, 0.15) is 18.4 Å². The molecule has 0 heterocycles. The van der Waals surface area contributed by atoms with Crippen LogP contribution < -0.4 is 0 Å². The first-order chi connectivity index (χ1) is 7.29. The highest BCUT2D eigenvalue weighted by Gasteiger charge is 2.23. The Kier molecular flexibility index (Phi) is 3.64. The molecule has 6 heteroatoms. The molecule has 1 aromatic rings. The second-order valence-electron chi connectivity index (χ2n) is 3.63. The normalized spacial score (nSPS) is 13.8. The lowest BCUT2D eigenvalue weighted by atomic mass is 10.0. The Labute approximate surface area is 92.6 Å². The third-order valence-corrected chi connectivity index (χ3v) is 3.37. The molecule has 1 rings (SSSR count). The van der Waals surface area contributed by atoms with Crippen LogP contribution in [0.3, 0.4) is 0 Å². The Morgan fingerprint density at radius 1 is 1.38 bits per heavy atom. The molecule has 1 N–H and O–H groups in total. The van der Waals surface area contributed by atoms with Gasteiger partial charge in [0, 0.05) is 24.3 Å². The summed E-state index contributed by atoms with van der Waals surface area (Å²) in [6.07, 6.45) is 0.844. The number of aliphatic hydroxyl groups excluding tert-OH is 1. The van der Waals surface area contributed by atoms with Gasteiger partial charge in [0.1, 0.15) is 16.5 Å². The maximum Gasteiger partial charge on any atom is 0.178 e. The van der Waals surface area contributed by atoms with Gasteiger partial charge in [-0.1, -0.05) is 6.92 Å². The van der Waals surface area contributed by atoms with Gasteiger partial charge >= 0.3 is 0 Å². The molecule has 0 aliphatic heterocycles. The van der Waals surface area contributed by atoms with Crippen LogP contribution in [0.15, 0.2) is 17.0 Å². The molecule has 0 aliphatic rings. The van der Waals surface area contributed by atoms with E-state index < -0.39 is 44.5 Å². The lowest BCUT2D eigenvalue weighted by Crippen LogP contribution is -2.10. The molecule has 1 unspecified atom stereocenters. The van der Waals surface area contributed by atoms with Crippen LogP contribution in [-0.4, -0.2) is 26.4 Å². The molecule has 0 aliphatic carbocycles. The molecule has 0 spiro atoms. The van der Waals surface area contributed by atoms with E-state index in [0.29, 0.717) is 0 Å². The van der Waals surface area contributed by atoms with Crippen molar-refractivity contribution in [1.29, 1.82) is 0 Å². The van der Waals surface area contributed by atoms with E-state index in [9.17, 15) is 17.2 Å². The van der Waals surface area contributed by atoms with Crippen LogP contribution in [0.4, 0.5) is 8.78 Å². The molecule has 90 valence electrons. The fraction of sp³-hybridized carbons (Fsp3) is 0.400. The summed E-state index contributed by atoms with van der Waals surface area (Å²) in [6, 6.07) is 1.77. The van der Waals surface area contributed by atoms with Gasteiger partial charge in [0.15, 0.2) is 9.84 Å². The number of hydrogen-bond acceptors (Lipinski definition) is 3. The minimum atomic E-state index is -3.74. The Morgan fingerprint density at radius 3 is 2.38 bits per heavy atom. The molecule has 0 amide bonds. The number of halogens is 2. The molecular formula is C10H12F2O3S. The second kappa shape index (κ2) is 4.47. The highest BCUT2D eigenvalue weighted by atomic mass is 32.2. The smallest absolute Gasteiger partial charge is 0.178 e. The van der Waals surface area contributed by atoms with Gasteiger partial charge in [-0.15, -0.1) is 0 Å². The van der Waals surface area contributed by atoms with Crippen molar-refractivity contribution < 1.29 is 22.3 Å². The molecule has 16 heavy (non-hydrogen) atoms. The quantitative estimate of drug-likeness (QED) is 0.826. The second-order valence-corrected chi connectivity index (χ2v) is 5.61. The van der Waals surface area contributed by atoms with Crippen molar-refractivity contribution >= 4 is 9.84 Å². The zero-order valence-electron chi connectivity index (χ0n) is 8.87. The first-order valence-electron chi connectivity index (χ1n) is 4.57. The summed E-state index contributed by atoms with van der Waals surface area (Å²) >= 11 is 0. The minimum absolute atomic E-state index is 0.398. The maximum atomic E-state index is 13.7. The lowest BCUT2D eigenvalue weighted by molar-refractivity contribution is 0.267. The van der Waals surface area contributed by atoms with Crippen molar-refractivity contribution in [1.82, 2.24) is 0 Å². The molecule has 0 aromatic heterocycles. The van der Waals surface area contributed by atoms with E-state index in [-0.39, 0.29) is 0 Å². The fourth-order valence-electron chi connectivity index (χ4n) is 1.38. The highest BCUT2D eigenvalue weighted by Crippen LogP contribution is 2.26. The van der Waals surface area contributed by atoms with E-state index in [4.69, 9.17) is 5.11 Å². The van der Waals surface area contributed by atoms with Crippen LogP contribution in [0, 0.1) is 11.6 Å². The number of rotatable bonds is 3. The average molecular weight is 250 g/mol. The zero-order valence-corrected chi connectivity index (χ0v) is 9.68. The van der Waals surface area contributed by atoms with E-state index in [0.717, 1.165) is 18.4 Å². The summed E-state index contributed by atoms with van der Waals surface area (Å²) in [7, 11) is -3.74. The predicted octanol–water partition coefficient (Wildman–Crippen LogP) is 1.46. The minimum Gasteiger partial charge on any atom is -0.396 e. The molecule has 0 radical (unpaired) electrons. The predicted molar refractivity (Wildman–Crippen MR) is 55.0 cm³/mol. The third kappa shape index (κ3) is 2.38. The Hall–Kier alpha value is -1.01. The Balaban J connectivity index is 3.51. The van der Waals surface area contributed by atoms with Gasteiger partial charge in [-0.25, -0.2) is 17.2 Å². The zero-order chi connectivity index (χ0) is 12.5. The number of aliphatic hydroxyl groups is 1. The van der Waals surface area contributed by atoms with Crippen molar-refractivity contribution in [3.8, 4) is 0 Å². The highest BCUT2D eigenvalue weighted by molar-refractivity contribution is 7.90. The Bertz CT molecular complexity index is 497. The molecule has 0 bridgehead atoms. The van der Waals surface area contributed by atoms with E-state index in [2.05, 4.69) is 0 Å². The summed E-state index contributed by atoms with van der Waals surface area (Å²) in [6.45, 7) is 0.953. The molecule has 1 atom stereocenters. The summed E-state index contributed by atoms with van der Waals surface area (Å²) < 4.78 is 49.5. The largest absolute Gasteiger partial charge is 0.396 e. The summed E-state index contributed by atoms with van der Waals surface area (Å²) in [5.74, 6) is -2.77. The van der Waals surface area contributed by atoms with E-state index in [1.807, 2.05) is 0 Å². The van der Waals surface area contributed by atoms with Crippen LogP contribution in [-0.2, 0) is 9.84 Å². The monoisotopic (exact) mass is 250 g/mol. The van der Waals surface area contributed by atoms with Gasteiger partial charge in [-0.2, -0.15) is 0 Å². The van der Waals surface area contributed by atoms with E-state index in [1.54, 1.807) is 0 Å². The number of benzene rings is 1. The summed E-state index contributed by atoms with van der Waals surface area (Å²) in [5, 5.41) is 8.85. The number of hydrogen-bond donors (Lipinski definition) is 1. The van der Waals surface area contributed by atoms with Crippen molar-refractivity contribution in [3.63, 3.8) is 0 Å². The van der Waals surface area contributed by atoms with Crippen LogP contribution in [0.25, 0.3) is 0 Å². The van der Waals surface area contributed by atoms with E-state index >= 15 is 0 Å². The first-order valence-corrected chi connectivity index (χ1v) is 6.47. The van der Waals surface area contributed by atoms with Gasteiger partial charge in [0.05, 0.1) is 0 Å². The molecular weight excluding hydrogens is 238 g/mol. The molecule has 3 nitrogen and oxygen atoms in total. The summed E-state index contributed by atoms with van der Waals surface area (Å²) in [5.41, 5.74) is -0.398. The Morgan fingerprint density at radius 2 is 1.94 bits per heavy atom. The number of sulfone groups is 1. The maximum absolute atomic E-state index is 13.7. The lowest BCUT2D eigenvalue weighted by Gasteiger charge is -2.12. The van der Waals surface area contributed by atoms with Crippen LogP contribution >= 0.6 is 0 Å². The fourth-order valence-corrected chi connectivity index (χ4v) is 2.13. The van der Waals surface area contributed by atoms with Gasteiger partial charge in [-0.05, 0) is 12.1 Å². The van der Waals surface area contributed by atoms with Gasteiger partial charge in [0.2, 0.25) is 0 Å². The third-order valence-electron chi connectivity index (χ3n) is 2.26. The van der Waals surface area contributed by atoms with Crippen LogP contribution in [0.2, 0.25) is 0 Å². The van der Waals surface area contributed by atoms with Gasteiger partial charge in [-0.3, -0.25) is 0 Å². The van der Waals surface area contributed by atoms with Gasteiger partial charge in [0.25, 0.3) is 0 Å². The van der Waals surface area contributed by atoms with Crippen LogP contribution in [0.5, 0.6) is 0 Å². The molecule has 0 saturated heterocycles. The molecule has 1 aromatic carbocycles. The summed E-state index contributed by atoms with van der Waals surface area (Å²) in [4.78, 5) is -0.552. The average Bonchev–Trinajstić information content (AvgIpc) is 2.15. The molecule has 0 saturated carbocycles. The first kappa shape index (κ1) is 13.1. The van der Waals surface area contributed by atoms with Crippen molar-refractivity contribution in [2.24, 2.45) is 0 Å². The topological polar surface area (TPSA) is 54.4 Å². The van der Waals surface area contributed by atoms with Crippen molar-refractivity contribution in [2.45, 2.75) is 17.7 Å². The van der Waals surface area contributed by atoms with Gasteiger partial charge < -0.3 is 5.11 Å².